The van der Waals surface area contributed by atoms with Crippen LogP contribution in [0.2, 0.25) is 0 Å². The largest absolute Gasteiger partial charge is 0.352 e. The molecular formula is C16H30N2O. The molecule has 2 unspecified atom stereocenters. The third-order valence-electron chi connectivity index (χ3n) is 4.80. The predicted octanol–water partition coefficient (Wildman–Crippen LogP) is 2.99. The minimum Gasteiger partial charge on any atom is -0.352 e. The Hall–Kier alpha value is -0.570. The molecule has 3 heteroatoms. The number of nitrogens with one attached hydrogen (secondary N) is 2. The molecule has 0 heterocycles. The molecule has 2 aliphatic carbocycles. The van der Waals surface area contributed by atoms with Crippen LogP contribution in [0, 0.1) is 5.41 Å². The minimum absolute atomic E-state index is 0.0548. The van der Waals surface area contributed by atoms with Crippen molar-refractivity contribution in [3.05, 3.63) is 0 Å². The Morgan fingerprint density at radius 3 is 2.37 bits per heavy atom. The number of hydrogen-bond donors (Lipinski definition) is 2. The molecule has 2 fully saturated rings. The molecule has 2 saturated carbocycles. The lowest BCUT2D eigenvalue weighted by Gasteiger charge is -2.26. The minimum atomic E-state index is -0.0548. The number of hydrogen-bond acceptors (Lipinski definition) is 2. The van der Waals surface area contributed by atoms with E-state index in [0.717, 1.165) is 12.8 Å². The van der Waals surface area contributed by atoms with Crippen LogP contribution in [0.4, 0.5) is 0 Å². The van der Waals surface area contributed by atoms with Gasteiger partial charge < -0.3 is 10.6 Å². The van der Waals surface area contributed by atoms with Gasteiger partial charge in [-0.05, 0) is 44.4 Å². The van der Waals surface area contributed by atoms with Crippen molar-refractivity contribution in [1.29, 1.82) is 0 Å². The molecule has 0 aromatic rings. The Labute approximate surface area is 117 Å². The first-order chi connectivity index (χ1) is 8.96. The molecule has 0 radical (unpaired) electrons. The molecule has 0 aromatic carbocycles. The van der Waals surface area contributed by atoms with Crippen LogP contribution in [-0.2, 0) is 4.79 Å². The maximum atomic E-state index is 12.2. The highest BCUT2D eigenvalue weighted by Crippen LogP contribution is 2.37. The van der Waals surface area contributed by atoms with Crippen molar-refractivity contribution < 1.29 is 4.79 Å². The van der Waals surface area contributed by atoms with Crippen LogP contribution in [0.5, 0.6) is 0 Å². The van der Waals surface area contributed by atoms with Gasteiger partial charge in [0.05, 0.1) is 6.04 Å². The Morgan fingerprint density at radius 2 is 1.79 bits per heavy atom. The first-order valence-corrected chi connectivity index (χ1v) is 8.03. The van der Waals surface area contributed by atoms with Gasteiger partial charge in [-0.2, -0.15) is 0 Å². The van der Waals surface area contributed by atoms with Gasteiger partial charge in [0.1, 0.15) is 0 Å². The summed E-state index contributed by atoms with van der Waals surface area (Å²) in [6, 6.07) is 0.883. The van der Waals surface area contributed by atoms with Gasteiger partial charge >= 0.3 is 0 Å². The molecule has 2 rings (SSSR count). The Balaban J connectivity index is 1.73. The van der Waals surface area contributed by atoms with Crippen LogP contribution in [0.1, 0.15) is 72.1 Å². The second-order valence-electron chi connectivity index (χ2n) is 7.34. The summed E-state index contributed by atoms with van der Waals surface area (Å²) < 4.78 is 0. The number of rotatable bonds is 4. The van der Waals surface area contributed by atoms with Crippen LogP contribution < -0.4 is 10.6 Å². The van der Waals surface area contributed by atoms with Gasteiger partial charge in [0.2, 0.25) is 5.91 Å². The van der Waals surface area contributed by atoms with E-state index >= 15 is 0 Å². The molecule has 2 atom stereocenters. The monoisotopic (exact) mass is 266 g/mol. The van der Waals surface area contributed by atoms with Gasteiger partial charge in [0.15, 0.2) is 0 Å². The van der Waals surface area contributed by atoms with E-state index in [9.17, 15) is 4.79 Å². The summed E-state index contributed by atoms with van der Waals surface area (Å²) in [6.07, 6.45) is 9.85. The van der Waals surface area contributed by atoms with Crippen molar-refractivity contribution in [1.82, 2.24) is 10.6 Å². The van der Waals surface area contributed by atoms with Gasteiger partial charge in [-0.1, -0.05) is 33.1 Å². The lowest BCUT2D eigenvalue weighted by Crippen LogP contribution is -2.49. The number of carbonyl (C=O) groups is 1. The first-order valence-electron chi connectivity index (χ1n) is 8.03. The molecule has 0 saturated heterocycles. The van der Waals surface area contributed by atoms with Crippen molar-refractivity contribution in [3.8, 4) is 0 Å². The second-order valence-corrected chi connectivity index (χ2v) is 7.34. The summed E-state index contributed by atoms with van der Waals surface area (Å²) in [7, 11) is 0. The summed E-state index contributed by atoms with van der Waals surface area (Å²) in [4.78, 5) is 12.2. The topological polar surface area (TPSA) is 41.1 Å². The fourth-order valence-electron chi connectivity index (χ4n) is 3.58. The summed E-state index contributed by atoms with van der Waals surface area (Å²) >= 11 is 0. The second kappa shape index (κ2) is 6.25. The molecule has 1 amide bonds. The molecule has 110 valence electrons. The van der Waals surface area contributed by atoms with Crippen LogP contribution >= 0.6 is 0 Å². The van der Waals surface area contributed by atoms with Crippen LogP contribution in [0.15, 0.2) is 0 Å². The maximum Gasteiger partial charge on any atom is 0.237 e. The number of carbonyl (C=O) groups excluding carboxylic acids is 1. The zero-order chi connectivity index (χ0) is 13.9. The highest BCUT2D eigenvalue weighted by molar-refractivity contribution is 5.81. The summed E-state index contributed by atoms with van der Waals surface area (Å²) in [5.41, 5.74) is 0.442. The summed E-state index contributed by atoms with van der Waals surface area (Å²) in [6.45, 7) is 6.65. The van der Waals surface area contributed by atoms with Crippen molar-refractivity contribution >= 4 is 5.91 Å². The molecule has 3 nitrogen and oxygen atoms in total. The average Bonchev–Trinajstić information content (AvgIpc) is 2.70. The molecule has 0 spiro atoms. The standard InChI is InChI=1S/C16H30N2O/c1-12(17-14-9-10-16(2,3)11-14)15(19)18-13-7-5-4-6-8-13/h12-14,17H,4-11H2,1-3H3,(H,18,19). The smallest absolute Gasteiger partial charge is 0.237 e. The van der Waals surface area contributed by atoms with E-state index in [2.05, 4.69) is 24.5 Å². The molecule has 2 aliphatic rings. The first kappa shape index (κ1) is 14.8. The highest BCUT2D eigenvalue weighted by atomic mass is 16.2. The quantitative estimate of drug-likeness (QED) is 0.821. The summed E-state index contributed by atoms with van der Waals surface area (Å²) in [5, 5.41) is 6.72. The van der Waals surface area contributed by atoms with E-state index in [4.69, 9.17) is 0 Å². The Morgan fingerprint density at radius 1 is 1.11 bits per heavy atom. The van der Waals surface area contributed by atoms with Crippen LogP contribution in [0.25, 0.3) is 0 Å². The fourth-order valence-corrected chi connectivity index (χ4v) is 3.58. The van der Waals surface area contributed by atoms with Gasteiger partial charge in [-0.3, -0.25) is 4.79 Å². The van der Waals surface area contributed by atoms with Gasteiger partial charge in [0, 0.05) is 12.1 Å². The zero-order valence-electron chi connectivity index (χ0n) is 12.8. The normalized spacial score (nSPS) is 29.1. The van der Waals surface area contributed by atoms with Crippen molar-refractivity contribution in [2.75, 3.05) is 0 Å². The predicted molar refractivity (Wildman–Crippen MR) is 79.0 cm³/mol. The highest BCUT2D eigenvalue weighted by Gasteiger charge is 2.32. The van der Waals surface area contributed by atoms with Gasteiger partial charge in [-0.25, -0.2) is 0 Å². The van der Waals surface area contributed by atoms with E-state index in [1.807, 2.05) is 6.92 Å². The third-order valence-corrected chi connectivity index (χ3v) is 4.80. The molecule has 0 aromatic heterocycles. The van der Waals surface area contributed by atoms with Crippen LogP contribution in [-0.4, -0.2) is 24.0 Å². The van der Waals surface area contributed by atoms with Crippen LogP contribution in [0.3, 0.4) is 0 Å². The van der Waals surface area contributed by atoms with Gasteiger partial charge in [0.25, 0.3) is 0 Å². The van der Waals surface area contributed by atoms with Crippen molar-refractivity contribution in [2.45, 2.75) is 90.3 Å². The van der Waals surface area contributed by atoms with E-state index in [1.165, 1.54) is 38.5 Å². The molecule has 2 N–H and O–H groups in total. The average molecular weight is 266 g/mol. The maximum absolute atomic E-state index is 12.2. The lowest BCUT2D eigenvalue weighted by atomic mass is 9.92. The third kappa shape index (κ3) is 4.48. The van der Waals surface area contributed by atoms with E-state index < -0.39 is 0 Å². The zero-order valence-corrected chi connectivity index (χ0v) is 12.8. The van der Waals surface area contributed by atoms with E-state index in [-0.39, 0.29) is 11.9 Å². The van der Waals surface area contributed by atoms with E-state index in [1.54, 1.807) is 0 Å². The molecule has 0 aliphatic heterocycles. The van der Waals surface area contributed by atoms with Gasteiger partial charge in [-0.15, -0.1) is 0 Å². The van der Waals surface area contributed by atoms with Crippen molar-refractivity contribution in [3.63, 3.8) is 0 Å². The van der Waals surface area contributed by atoms with E-state index in [0.29, 0.717) is 17.5 Å². The van der Waals surface area contributed by atoms with Crippen molar-refractivity contribution in [2.24, 2.45) is 5.41 Å². The fraction of sp³-hybridized carbons (Fsp3) is 0.938. The summed E-state index contributed by atoms with van der Waals surface area (Å²) in [5.74, 6) is 0.191. The Kier molecular flexibility index (Phi) is 4.88. The molecule has 0 bridgehead atoms. The lowest BCUT2D eigenvalue weighted by molar-refractivity contribution is -0.123. The Bertz CT molecular complexity index is 308. The SMILES string of the molecule is CC(NC1CCC(C)(C)C1)C(=O)NC1CCCCC1. The molecule has 19 heavy (non-hydrogen) atoms. The number of amides is 1. The molecular weight excluding hydrogens is 236 g/mol.